The molecule has 4 nitrogen and oxygen atoms in total. The van der Waals surface area contributed by atoms with Crippen molar-refractivity contribution in [3.05, 3.63) is 64.2 Å². The van der Waals surface area contributed by atoms with E-state index in [4.69, 9.17) is 16.3 Å². The molecule has 1 fully saturated rings. The van der Waals surface area contributed by atoms with Crippen LogP contribution in [0.3, 0.4) is 0 Å². The molecule has 0 spiro atoms. The van der Waals surface area contributed by atoms with Crippen LogP contribution in [0.25, 0.3) is 0 Å². The summed E-state index contributed by atoms with van der Waals surface area (Å²) in [5, 5.41) is 0.718. The topological polar surface area (TPSA) is 32.8 Å². The minimum Gasteiger partial charge on any atom is -0.496 e. The maximum atomic E-state index is 12.5. The summed E-state index contributed by atoms with van der Waals surface area (Å²) in [5.74, 6) is 1.10. The lowest BCUT2D eigenvalue weighted by Crippen LogP contribution is -2.48. The van der Waals surface area contributed by atoms with Crippen molar-refractivity contribution in [2.45, 2.75) is 26.3 Å². The number of rotatable bonds is 6. The molecule has 1 saturated heterocycles. The summed E-state index contributed by atoms with van der Waals surface area (Å²) in [6, 6.07) is 14.1. The van der Waals surface area contributed by atoms with Gasteiger partial charge in [0.05, 0.1) is 7.11 Å². The summed E-state index contributed by atoms with van der Waals surface area (Å²) in [6.45, 7) is 6.15. The summed E-state index contributed by atoms with van der Waals surface area (Å²) in [7, 11) is 1.68. The van der Waals surface area contributed by atoms with Gasteiger partial charge in [0, 0.05) is 49.7 Å². The van der Waals surface area contributed by atoms with Crippen molar-refractivity contribution in [1.29, 1.82) is 0 Å². The Balaban J connectivity index is 1.48. The number of amides is 1. The Morgan fingerprint density at radius 3 is 2.59 bits per heavy atom. The number of carbonyl (C=O) groups is 1. The lowest BCUT2D eigenvalue weighted by atomic mass is 10.1. The molecule has 0 aromatic heterocycles. The molecule has 0 aliphatic carbocycles. The first kappa shape index (κ1) is 19.7. The van der Waals surface area contributed by atoms with E-state index in [0.717, 1.165) is 55.5 Å². The maximum Gasteiger partial charge on any atom is 0.222 e. The second kappa shape index (κ2) is 9.25. The number of ether oxygens (including phenoxy) is 1. The van der Waals surface area contributed by atoms with Crippen LogP contribution in [0.5, 0.6) is 5.75 Å². The van der Waals surface area contributed by atoms with Crippen molar-refractivity contribution in [2.75, 3.05) is 33.3 Å². The molecule has 0 bridgehead atoms. The normalized spacial score (nSPS) is 15.0. The zero-order valence-electron chi connectivity index (χ0n) is 16.1. The van der Waals surface area contributed by atoms with Gasteiger partial charge in [0.25, 0.3) is 0 Å². The molecule has 0 atom stereocenters. The first-order chi connectivity index (χ1) is 13.0. The third-order valence-electron chi connectivity index (χ3n) is 5.07. The van der Waals surface area contributed by atoms with Crippen LogP contribution in [0.2, 0.25) is 5.02 Å². The van der Waals surface area contributed by atoms with Gasteiger partial charge in [-0.15, -0.1) is 0 Å². The third-order valence-corrected chi connectivity index (χ3v) is 5.31. The van der Waals surface area contributed by atoms with Gasteiger partial charge in [-0.2, -0.15) is 0 Å². The highest BCUT2D eigenvalue weighted by atomic mass is 35.5. The molecule has 1 amide bonds. The van der Waals surface area contributed by atoms with E-state index < -0.39 is 0 Å². The number of hydrogen-bond acceptors (Lipinski definition) is 3. The predicted molar refractivity (Wildman–Crippen MR) is 109 cm³/mol. The van der Waals surface area contributed by atoms with E-state index in [0.29, 0.717) is 6.42 Å². The standard InChI is InChI=1S/C22H27ClN2O2/c1-17-4-3-5-18(14-17)6-9-22(26)25-12-10-24(11-13-25)16-19-15-20(23)7-8-21(19)27-2/h3-5,7-8,14-15H,6,9-13,16H2,1-2H3. The van der Waals surface area contributed by atoms with Gasteiger partial charge in [-0.1, -0.05) is 41.4 Å². The maximum absolute atomic E-state index is 12.5. The molecule has 27 heavy (non-hydrogen) atoms. The van der Waals surface area contributed by atoms with Gasteiger partial charge < -0.3 is 9.64 Å². The number of piperazine rings is 1. The summed E-state index contributed by atoms with van der Waals surface area (Å²) < 4.78 is 5.43. The van der Waals surface area contributed by atoms with Crippen LogP contribution in [0.1, 0.15) is 23.1 Å². The van der Waals surface area contributed by atoms with E-state index in [9.17, 15) is 4.79 Å². The molecule has 1 aliphatic heterocycles. The molecule has 3 rings (SSSR count). The van der Waals surface area contributed by atoms with Crippen LogP contribution in [-0.2, 0) is 17.8 Å². The summed E-state index contributed by atoms with van der Waals surface area (Å²) >= 11 is 6.12. The highest BCUT2D eigenvalue weighted by Crippen LogP contribution is 2.24. The van der Waals surface area contributed by atoms with Gasteiger partial charge in [0.2, 0.25) is 5.91 Å². The molecule has 2 aromatic rings. The average Bonchev–Trinajstić information content (AvgIpc) is 2.67. The van der Waals surface area contributed by atoms with Gasteiger partial charge in [-0.25, -0.2) is 0 Å². The Kier molecular flexibility index (Phi) is 6.75. The van der Waals surface area contributed by atoms with E-state index in [1.807, 2.05) is 23.1 Å². The summed E-state index contributed by atoms with van der Waals surface area (Å²) in [5.41, 5.74) is 3.56. The molecule has 0 radical (unpaired) electrons. The number of hydrogen-bond donors (Lipinski definition) is 0. The van der Waals surface area contributed by atoms with Gasteiger partial charge in [0.1, 0.15) is 5.75 Å². The molecule has 1 aliphatic rings. The minimum absolute atomic E-state index is 0.247. The van der Waals surface area contributed by atoms with Crippen molar-refractivity contribution in [3.63, 3.8) is 0 Å². The average molecular weight is 387 g/mol. The molecule has 2 aromatic carbocycles. The van der Waals surface area contributed by atoms with Gasteiger partial charge in [-0.05, 0) is 37.1 Å². The number of halogens is 1. The van der Waals surface area contributed by atoms with Crippen molar-refractivity contribution in [2.24, 2.45) is 0 Å². The first-order valence-corrected chi connectivity index (χ1v) is 9.81. The fourth-order valence-electron chi connectivity index (χ4n) is 3.54. The Bertz CT molecular complexity index is 786. The Morgan fingerprint density at radius 2 is 1.89 bits per heavy atom. The van der Waals surface area contributed by atoms with Gasteiger partial charge >= 0.3 is 0 Å². The van der Waals surface area contributed by atoms with E-state index in [1.165, 1.54) is 11.1 Å². The fraction of sp³-hybridized carbons (Fsp3) is 0.409. The predicted octanol–water partition coefficient (Wildman–Crippen LogP) is 3.93. The van der Waals surface area contributed by atoms with Gasteiger partial charge in [-0.3, -0.25) is 9.69 Å². The number of benzene rings is 2. The third kappa shape index (κ3) is 5.47. The van der Waals surface area contributed by atoms with E-state index in [2.05, 4.69) is 36.1 Å². The highest BCUT2D eigenvalue weighted by Gasteiger charge is 2.21. The molecular formula is C22H27ClN2O2. The summed E-state index contributed by atoms with van der Waals surface area (Å²) in [4.78, 5) is 16.9. The number of aryl methyl sites for hydroxylation is 2. The number of nitrogens with zero attached hydrogens (tertiary/aromatic N) is 2. The first-order valence-electron chi connectivity index (χ1n) is 9.43. The summed E-state index contributed by atoms with van der Waals surface area (Å²) in [6.07, 6.45) is 1.38. The fourth-order valence-corrected chi connectivity index (χ4v) is 3.74. The molecule has 0 saturated carbocycles. The van der Waals surface area contributed by atoms with Crippen LogP contribution in [0.4, 0.5) is 0 Å². The van der Waals surface area contributed by atoms with Crippen LogP contribution in [0.15, 0.2) is 42.5 Å². The van der Waals surface area contributed by atoms with Crippen LogP contribution in [0, 0.1) is 6.92 Å². The molecule has 5 heteroatoms. The molecule has 0 N–H and O–H groups in total. The van der Waals surface area contributed by atoms with E-state index >= 15 is 0 Å². The Hall–Kier alpha value is -2.04. The van der Waals surface area contributed by atoms with Crippen LogP contribution >= 0.6 is 11.6 Å². The van der Waals surface area contributed by atoms with E-state index in [1.54, 1.807) is 7.11 Å². The smallest absolute Gasteiger partial charge is 0.222 e. The second-order valence-corrected chi connectivity index (χ2v) is 7.54. The van der Waals surface area contributed by atoms with Crippen molar-refractivity contribution < 1.29 is 9.53 Å². The quantitative estimate of drug-likeness (QED) is 0.754. The highest BCUT2D eigenvalue weighted by molar-refractivity contribution is 6.30. The van der Waals surface area contributed by atoms with Gasteiger partial charge in [0.15, 0.2) is 0 Å². The number of methoxy groups -OCH3 is 1. The molecule has 0 unspecified atom stereocenters. The SMILES string of the molecule is COc1ccc(Cl)cc1CN1CCN(C(=O)CCc2cccc(C)c2)CC1. The second-order valence-electron chi connectivity index (χ2n) is 7.10. The molecular weight excluding hydrogens is 360 g/mol. The van der Waals surface area contributed by atoms with Crippen molar-refractivity contribution in [3.8, 4) is 5.75 Å². The lowest BCUT2D eigenvalue weighted by Gasteiger charge is -2.35. The molecule has 1 heterocycles. The zero-order valence-corrected chi connectivity index (χ0v) is 16.8. The van der Waals surface area contributed by atoms with Crippen LogP contribution < -0.4 is 4.74 Å². The largest absolute Gasteiger partial charge is 0.496 e. The Morgan fingerprint density at radius 1 is 1.11 bits per heavy atom. The molecule has 144 valence electrons. The zero-order chi connectivity index (χ0) is 19.2. The van der Waals surface area contributed by atoms with Crippen molar-refractivity contribution in [1.82, 2.24) is 9.80 Å². The van der Waals surface area contributed by atoms with Crippen LogP contribution in [-0.4, -0.2) is 49.0 Å². The minimum atomic E-state index is 0.247. The monoisotopic (exact) mass is 386 g/mol. The Labute approximate surface area is 166 Å². The van der Waals surface area contributed by atoms with E-state index in [-0.39, 0.29) is 5.91 Å². The van der Waals surface area contributed by atoms with Crippen molar-refractivity contribution >= 4 is 17.5 Å². The number of carbonyl (C=O) groups excluding carboxylic acids is 1. The lowest BCUT2D eigenvalue weighted by molar-refractivity contribution is -0.133.